The molecule has 10 nitrogen and oxygen atoms in total. The standard InChI is InChI=1S/C21H25Cl3F3NO9S2/c1-3-38-18-15(28-19(30)34-11-20(22,23)24)17(35-12(2)29)16(37-39(31,32)21(25,26)27)14(36-18)10-33-9-13-7-5-4-6-8-13/h4-8,14-18H,3,9-11H2,1-2H3,(H,28,30)/t14-,15-,16-,17-,18+/m1/s1. The number of carbonyl (C=O) groups excluding carboxylic acids is 2. The van der Waals surface area contributed by atoms with Crippen LogP contribution < -0.4 is 5.32 Å². The Hall–Kier alpha value is -1.20. The van der Waals surface area contributed by atoms with Gasteiger partial charge in [-0.05, 0) is 11.3 Å². The molecule has 0 spiro atoms. The Balaban J connectivity index is 2.41. The van der Waals surface area contributed by atoms with E-state index in [4.69, 9.17) is 53.8 Å². The molecule has 1 amide bonds. The highest BCUT2D eigenvalue weighted by atomic mass is 35.6. The van der Waals surface area contributed by atoms with Gasteiger partial charge >= 0.3 is 27.7 Å². The first-order valence-electron chi connectivity index (χ1n) is 11.1. The lowest BCUT2D eigenvalue weighted by atomic mass is 9.97. The van der Waals surface area contributed by atoms with Crippen LogP contribution in [0.5, 0.6) is 0 Å². The summed E-state index contributed by atoms with van der Waals surface area (Å²) < 4.78 is 87.8. The third kappa shape index (κ3) is 10.9. The van der Waals surface area contributed by atoms with Crippen LogP contribution in [0.2, 0.25) is 0 Å². The van der Waals surface area contributed by atoms with E-state index in [1.807, 2.05) is 0 Å². The van der Waals surface area contributed by atoms with Gasteiger partial charge in [0.05, 0.1) is 13.2 Å². The molecule has 1 N–H and O–H groups in total. The van der Waals surface area contributed by atoms with Crippen LogP contribution in [0.3, 0.4) is 0 Å². The summed E-state index contributed by atoms with van der Waals surface area (Å²) in [6.07, 6.45) is -6.61. The van der Waals surface area contributed by atoms with Crippen LogP contribution in [0.25, 0.3) is 0 Å². The number of benzene rings is 1. The zero-order valence-corrected chi connectivity index (χ0v) is 24.3. The third-order valence-electron chi connectivity index (χ3n) is 4.85. The van der Waals surface area contributed by atoms with Crippen LogP contribution in [-0.2, 0) is 44.7 Å². The van der Waals surface area contributed by atoms with Gasteiger partial charge in [-0.2, -0.15) is 21.6 Å². The Morgan fingerprint density at radius 2 is 1.77 bits per heavy atom. The second-order valence-electron chi connectivity index (χ2n) is 7.90. The van der Waals surface area contributed by atoms with Gasteiger partial charge in [-0.3, -0.25) is 8.98 Å². The maximum atomic E-state index is 13.3. The largest absolute Gasteiger partial charge is 0.523 e. The van der Waals surface area contributed by atoms with Gasteiger partial charge in [0, 0.05) is 6.92 Å². The Labute approximate surface area is 242 Å². The zero-order valence-electron chi connectivity index (χ0n) is 20.4. The molecule has 1 saturated heterocycles. The summed E-state index contributed by atoms with van der Waals surface area (Å²) in [7, 11) is -6.22. The van der Waals surface area contributed by atoms with Crippen molar-refractivity contribution >= 4 is 68.7 Å². The molecule has 39 heavy (non-hydrogen) atoms. The van der Waals surface area contributed by atoms with Crippen molar-refractivity contribution in [1.82, 2.24) is 5.32 Å². The lowest BCUT2D eigenvalue weighted by Gasteiger charge is -2.45. The van der Waals surface area contributed by atoms with E-state index in [0.717, 1.165) is 18.7 Å². The summed E-state index contributed by atoms with van der Waals surface area (Å²) >= 11 is 17.8. The second kappa shape index (κ2) is 14.6. The highest BCUT2D eigenvalue weighted by Crippen LogP contribution is 2.36. The molecule has 2 rings (SSSR count). The summed E-state index contributed by atoms with van der Waals surface area (Å²) in [6.45, 7) is 1.47. The number of carbonyl (C=O) groups is 2. The fraction of sp³-hybridized carbons (Fsp3) is 0.619. The molecule has 1 aromatic rings. The maximum absolute atomic E-state index is 13.3. The topological polar surface area (TPSA) is 126 Å². The smallest absolute Gasteiger partial charge is 0.457 e. The van der Waals surface area contributed by atoms with E-state index in [-0.39, 0.29) is 6.61 Å². The normalized spacial score (nSPS) is 24.2. The predicted octanol–water partition coefficient (Wildman–Crippen LogP) is 4.31. The van der Waals surface area contributed by atoms with Crippen molar-refractivity contribution in [3.8, 4) is 0 Å². The molecule has 1 aliphatic heterocycles. The van der Waals surface area contributed by atoms with Crippen LogP contribution in [-0.4, -0.2) is 78.5 Å². The monoisotopic (exact) mass is 661 g/mol. The number of esters is 1. The summed E-state index contributed by atoms with van der Waals surface area (Å²) in [6, 6.07) is 7.23. The number of thioether (sulfide) groups is 1. The molecular formula is C21H25Cl3F3NO9S2. The molecule has 1 heterocycles. The number of amides is 1. The number of hydrogen-bond acceptors (Lipinski definition) is 10. The Morgan fingerprint density at radius 3 is 2.31 bits per heavy atom. The minimum absolute atomic E-state index is 0.00566. The number of alkyl halides is 6. The lowest BCUT2D eigenvalue weighted by molar-refractivity contribution is -0.193. The van der Waals surface area contributed by atoms with E-state index in [1.165, 1.54) is 0 Å². The van der Waals surface area contributed by atoms with Crippen LogP contribution >= 0.6 is 46.6 Å². The average Bonchev–Trinajstić information content (AvgIpc) is 2.81. The highest BCUT2D eigenvalue weighted by Gasteiger charge is 2.56. The van der Waals surface area contributed by atoms with E-state index in [9.17, 15) is 31.2 Å². The summed E-state index contributed by atoms with van der Waals surface area (Å²) in [5, 5.41) is 2.28. The molecule has 5 atom stereocenters. The average molecular weight is 663 g/mol. The Morgan fingerprint density at radius 1 is 1.13 bits per heavy atom. The number of rotatable bonds is 11. The van der Waals surface area contributed by atoms with Crippen molar-refractivity contribution in [2.45, 2.75) is 59.5 Å². The lowest BCUT2D eigenvalue weighted by Crippen LogP contribution is -2.65. The number of halogens is 6. The van der Waals surface area contributed by atoms with Gasteiger partial charge in [-0.25, -0.2) is 4.79 Å². The van der Waals surface area contributed by atoms with Crippen molar-refractivity contribution in [3.05, 3.63) is 35.9 Å². The fourth-order valence-electron chi connectivity index (χ4n) is 3.34. The van der Waals surface area contributed by atoms with E-state index in [0.29, 0.717) is 11.3 Å². The Bertz CT molecular complexity index is 1060. The number of ether oxygens (including phenoxy) is 4. The van der Waals surface area contributed by atoms with E-state index in [1.54, 1.807) is 37.3 Å². The summed E-state index contributed by atoms with van der Waals surface area (Å²) in [5.74, 6) is -0.645. The molecule has 1 aromatic carbocycles. The third-order valence-corrected chi connectivity index (χ3v) is 7.28. The highest BCUT2D eigenvalue weighted by molar-refractivity contribution is 7.99. The van der Waals surface area contributed by atoms with E-state index in [2.05, 4.69) is 9.50 Å². The van der Waals surface area contributed by atoms with Crippen LogP contribution in [0.15, 0.2) is 30.3 Å². The van der Waals surface area contributed by atoms with Crippen molar-refractivity contribution in [2.24, 2.45) is 0 Å². The first-order valence-corrected chi connectivity index (χ1v) is 14.7. The zero-order chi connectivity index (χ0) is 29.4. The molecule has 1 fully saturated rings. The molecule has 0 unspecified atom stereocenters. The molecule has 1 aliphatic rings. The molecule has 18 heteroatoms. The quantitative estimate of drug-likeness (QED) is 0.159. The van der Waals surface area contributed by atoms with Gasteiger partial charge in [0.25, 0.3) is 0 Å². The number of hydrogen-bond donors (Lipinski definition) is 1. The van der Waals surface area contributed by atoms with Gasteiger partial charge < -0.3 is 24.3 Å². The van der Waals surface area contributed by atoms with Gasteiger partial charge in [0.2, 0.25) is 3.79 Å². The van der Waals surface area contributed by atoms with E-state index < -0.39 is 74.5 Å². The van der Waals surface area contributed by atoms with Crippen molar-refractivity contribution in [3.63, 3.8) is 0 Å². The number of alkyl carbamates (subject to hydrolysis) is 1. The first kappa shape index (κ1) is 34.0. The molecule has 222 valence electrons. The van der Waals surface area contributed by atoms with Gasteiger partial charge in [0.1, 0.15) is 30.3 Å². The van der Waals surface area contributed by atoms with Crippen molar-refractivity contribution in [1.29, 1.82) is 0 Å². The SMILES string of the molecule is CCS[C@@H]1O[C@H](COCc2ccccc2)[C@@H](OS(=O)(=O)C(F)(F)F)[C@H](OC(C)=O)[C@H]1NC(=O)OCC(Cl)(Cl)Cl. The first-order chi connectivity index (χ1) is 18.0. The minimum Gasteiger partial charge on any atom is -0.457 e. The second-order valence-corrected chi connectivity index (χ2v) is 13.4. The fourth-order valence-corrected chi connectivity index (χ4v) is 5.12. The molecule has 0 aliphatic carbocycles. The molecular weight excluding hydrogens is 638 g/mol. The Kier molecular flexibility index (Phi) is 12.7. The molecule has 0 saturated carbocycles. The number of nitrogens with one attached hydrogen (secondary N) is 1. The van der Waals surface area contributed by atoms with Crippen LogP contribution in [0, 0.1) is 0 Å². The van der Waals surface area contributed by atoms with Gasteiger partial charge in [0.15, 0.2) is 6.10 Å². The summed E-state index contributed by atoms with van der Waals surface area (Å²) in [5.41, 5.74) is -6.19. The van der Waals surface area contributed by atoms with E-state index >= 15 is 0 Å². The maximum Gasteiger partial charge on any atom is 0.523 e. The van der Waals surface area contributed by atoms with Crippen molar-refractivity contribution < 1.29 is 54.3 Å². The molecule has 0 aromatic heterocycles. The summed E-state index contributed by atoms with van der Waals surface area (Å²) in [4.78, 5) is 24.4. The van der Waals surface area contributed by atoms with Crippen LogP contribution in [0.1, 0.15) is 19.4 Å². The van der Waals surface area contributed by atoms with Gasteiger partial charge in [-0.1, -0.05) is 72.1 Å². The van der Waals surface area contributed by atoms with Crippen molar-refractivity contribution in [2.75, 3.05) is 19.0 Å². The predicted molar refractivity (Wildman–Crippen MR) is 137 cm³/mol. The molecule has 0 bridgehead atoms. The van der Waals surface area contributed by atoms with Gasteiger partial charge in [-0.15, -0.1) is 11.8 Å². The minimum atomic E-state index is -6.22. The molecule has 0 radical (unpaired) electrons. The van der Waals surface area contributed by atoms with Crippen LogP contribution in [0.4, 0.5) is 18.0 Å².